The van der Waals surface area contributed by atoms with Gasteiger partial charge in [0, 0.05) is 67.7 Å². The van der Waals surface area contributed by atoms with Crippen LogP contribution in [-0.2, 0) is 9.53 Å². The minimum Gasteiger partial charge on any atom is -0.493 e. The lowest BCUT2D eigenvalue weighted by molar-refractivity contribution is -0.125. The van der Waals surface area contributed by atoms with Crippen molar-refractivity contribution in [1.29, 1.82) is 0 Å². The summed E-state index contributed by atoms with van der Waals surface area (Å²) in [5, 5.41) is 17.2. The Bertz CT molecular complexity index is 1640. The van der Waals surface area contributed by atoms with Crippen molar-refractivity contribution in [1.82, 2.24) is 15.2 Å². The third-order valence-corrected chi connectivity index (χ3v) is 8.80. The van der Waals surface area contributed by atoms with Crippen LogP contribution < -0.4 is 24.8 Å². The molecule has 0 bridgehead atoms. The van der Waals surface area contributed by atoms with Crippen LogP contribution in [0, 0.1) is 11.2 Å². The van der Waals surface area contributed by atoms with Gasteiger partial charge in [0.1, 0.15) is 11.9 Å². The number of aromatic nitrogens is 1. The summed E-state index contributed by atoms with van der Waals surface area (Å²) in [5.74, 6) is 0.349. The highest BCUT2D eigenvalue weighted by atomic mass is 19.1. The number of fused-ring (bicyclic) bond motifs is 1. The molecule has 1 saturated carbocycles. The van der Waals surface area contributed by atoms with E-state index in [1.165, 1.54) is 18.2 Å². The molecule has 2 aliphatic carbocycles. The number of allylic oxidation sites excluding steroid dienone is 3. The molecule has 0 spiro atoms. The molecule has 3 N–H and O–H groups in total. The lowest BCUT2D eigenvalue weighted by atomic mass is 9.97. The summed E-state index contributed by atoms with van der Waals surface area (Å²) in [7, 11) is 1.56. The minimum absolute atomic E-state index is 0.0346. The first-order valence-corrected chi connectivity index (χ1v) is 16.0. The van der Waals surface area contributed by atoms with Crippen LogP contribution in [0.4, 0.5) is 14.5 Å². The van der Waals surface area contributed by atoms with Crippen LogP contribution in [0.5, 0.6) is 23.0 Å². The summed E-state index contributed by atoms with van der Waals surface area (Å²) in [6.45, 7) is 4.93. The maximum atomic E-state index is 15.3. The molecule has 2 atom stereocenters. The molecule has 1 aliphatic heterocycles. The molecule has 12 heteroatoms. The molecule has 10 nitrogen and oxygen atoms in total. The average Bonchev–Trinajstić information content (AvgIpc) is 3.90. The fourth-order valence-corrected chi connectivity index (χ4v) is 5.80. The monoisotopic (exact) mass is 650 g/mol. The highest BCUT2D eigenvalue weighted by Crippen LogP contribution is 2.49. The fraction of sp³-hybridized carbons (Fsp3) is 0.429. The molecule has 2 fully saturated rings. The zero-order valence-corrected chi connectivity index (χ0v) is 26.3. The highest BCUT2D eigenvalue weighted by Gasteiger charge is 2.55. The number of carbonyl (C=O) groups excluding carboxylic acids is 1. The van der Waals surface area contributed by atoms with Gasteiger partial charge in [0.2, 0.25) is 5.91 Å². The van der Waals surface area contributed by atoms with Gasteiger partial charge < -0.3 is 34.7 Å². The van der Waals surface area contributed by atoms with Gasteiger partial charge in [0.05, 0.1) is 44.0 Å². The van der Waals surface area contributed by atoms with E-state index >= 15 is 4.39 Å². The van der Waals surface area contributed by atoms with E-state index in [9.17, 15) is 14.3 Å². The summed E-state index contributed by atoms with van der Waals surface area (Å²) in [6.07, 6.45) is 6.53. The van der Waals surface area contributed by atoms with E-state index in [1.54, 1.807) is 49.7 Å². The number of hydrogen-bond donors (Lipinski definition) is 3. The van der Waals surface area contributed by atoms with E-state index < -0.39 is 23.5 Å². The number of hydrogen-bond acceptors (Lipinski definition) is 9. The largest absolute Gasteiger partial charge is 0.493 e. The van der Waals surface area contributed by atoms with Crippen LogP contribution in [0.3, 0.4) is 0 Å². The Morgan fingerprint density at radius 3 is 2.70 bits per heavy atom. The summed E-state index contributed by atoms with van der Waals surface area (Å²) in [4.78, 5) is 19.9. The zero-order chi connectivity index (χ0) is 32.8. The number of halogens is 2. The molecule has 6 rings (SSSR count). The van der Waals surface area contributed by atoms with Crippen molar-refractivity contribution in [2.24, 2.45) is 5.41 Å². The van der Waals surface area contributed by atoms with Gasteiger partial charge in [0.15, 0.2) is 23.1 Å². The lowest BCUT2D eigenvalue weighted by Gasteiger charge is -2.26. The number of rotatable bonds is 14. The molecule has 1 amide bonds. The zero-order valence-electron chi connectivity index (χ0n) is 26.3. The van der Waals surface area contributed by atoms with Gasteiger partial charge in [-0.2, -0.15) is 0 Å². The number of morpholine rings is 1. The van der Waals surface area contributed by atoms with Gasteiger partial charge in [-0.3, -0.25) is 14.7 Å². The van der Waals surface area contributed by atoms with E-state index in [4.69, 9.17) is 18.9 Å². The predicted molar refractivity (Wildman–Crippen MR) is 173 cm³/mol. The number of aliphatic hydroxyl groups is 1. The van der Waals surface area contributed by atoms with Crippen LogP contribution in [0.15, 0.2) is 66.5 Å². The first kappa shape index (κ1) is 32.7. The Labute approximate surface area is 272 Å². The number of benzene rings is 2. The van der Waals surface area contributed by atoms with Gasteiger partial charge >= 0.3 is 0 Å². The summed E-state index contributed by atoms with van der Waals surface area (Å²) in [5.41, 5.74) is 0.576. The second-order valence-corrected chi connectivity index (χ2v) is 12.0. The highest BCUT2D eigenvalue weighted by molar-refractivity contribution is 5.97. The standard InChI is InChI=1S/C35H40F2N4O6/c1-44-31-20-26-28(21-32(31)46-16-2-13-41-14-17-45-18-15-41)38-12-9-29(26)47-30-8-7-25(19-27(30)37)40-34(43)35(10-11-35)33(42)22-39-24-5-3-23(36)4-6-24/h3,5-9,12,19-21,23,33,39,42H,2,4,10-11,13-18,22H2,1H3,(H,40,43)/t23?,33-/m0/s1. The average molecular weight is 651 g/mol. The summed E-state index contributed by atoms with van der Waals surface area (Å²) >= 11 is 0. The minimum atomic E-state index is -1.01. The maximum absolute atomic E-state index is 15.3. The van der Waals surface area contributed by atoms with Crippen LogP contribution in [0.1, 0.15) is 25.7 Å². The first-order chi connectivity index (χ1) is 22.8. The van der Waals surface area contributed by atoms with Crippen LogP contribution in [0.25, 0.3) is 10.9 Å². The fourth-order valence-electron chi connectivity index (χ4n) is 5.80. The molecule has 47 heavy (non-hydrogen) atoms. The second kappa shape index (κ2) is 14.7. The number of nitrogens with one attached hydrogen (secondary N) is 2. The number of ether oxygens (including phenoxy) is 4. The predicted octanol–water partition coefficient (Wildman–Crippen LogP) is 5.13. The van der Waals surface area contributed by atoms with Gasteiger partial charge in [-0.15, -0.1) is 0 Å². The first-order valence-electron chi connectivity index (χ1n) is 16.0. The lowest BCUT2D eigenvalue weighted by Crippen LogP contribution is -2.41. The number of aliphatic hydroxyl groups excluding tert-OH is 1. The summed E-state index contributed by atoms with van der Waals surface area (Å²) < 4.78 is 51.6. The molecule has 3 aliphatic rings. The molecule has 3 aromatic rings. The maximum Gasteiger partial charge on any atom is 0.233 e. The van der Waals surface area contributed by atoms with E-state index in [-0.39, 0.29) is 30.3 Å². The van der Waals surface area contributed by atoms with Crippen molar-refractivity contribution in [2.45, 2.75) is 38.0 Å². The van der Waals surface area contributed by atoms with Crippen molar-refractivity contribution >= 4 is 22.5 Å². The van der Waals surface area contributed by atoms with E-state index in [2.05, 4.69) is 20.5 Å². The molecule has 1 unspecified atom stereocenters. The second-order valence-electron chi connectivity index (χ2n) is 12.0. The number of amides is 1. The normalized spacial score (nSPS) is 19.5. The Kier molecular flexibility index (Phi) is 10.2. The van der Waals surface area contributed by atoms with Gasteiger partial charge in [-0.1, -0.05) is 6.08 Å². The molecular formula is C35H40F2N4O6. The van der Waals surface area contributed by atoms with Gasteiger partial charge in [0.25, 0.3) is 0 Å². The molecule has 0 radical (unpaired) electrons. The Morgan fingerprint density at radius 1 is 1.15 bits per heavy atom. The van der Waals surface area contributed by atoms with Crippen molar-refractivity contribution in [3.05, 3.63) is 72.3 Å². The van der Waals surface area contributed by atoms with Crippen LogP contribution in [-0.4, -0.2) is 86.3 Å². The number of pyridine rings is 1. The Balaban J connectivity index is 1.07. The van der Waals surface area contributed by atoms with E-state index in [1.807, 2.05) is 0 Å². The van der Waals surface area contributed by atoms with Gasteiger partial charge in [-0.25, -0.2) is 8.78 Å². The quantitative estimate of drug-likeness (QED) is 0.205. The van der Waals surface area contributed by atoms with Crippen molar-refractivity contribution in [3.63, 3.8) is 0 Å². The van der Waals surface area contributed by atoms with Crippen LogP contribution >= 0.6 is 0 Å². The molecule has 1 aromatic heterocycles. The molecule has 2 heterocycles. The summed E-state index contributed by atoms with van der Waals surface area (Å²) in [6, 6.07) is 9.36. The molecule has 1 saturated heterocycles. The number of anilines is 1. The van der Waals surface area contributed by atoms with Crippen molar-refractivity contribution in [3.8, 4) is 23.0 Å². The smallest absolute Gasteiger partial charge is 0.233 e. The molecule has 2 aromatic carbocycles. The molecule has 250 valence electrons. The third-order valence-electron chi connectivity index (χ3n) is 8.80. The Hall–Kier alpha value is -4.26. The topological polar surface area (TPSA) is 114 Å². The van der Waals surface area contributed by atoms with Crippen molar-refractivity contribution < 1.29 is 37.6 Å². The SMILES string of the molecule is COc1cc2c(Oc3ccc(NC(=O)C4([C@@H](O)CNC5=CCC(F)C=C5)CC4)cc3F)ccnc2cc1OCCCN1CCOCC1. The third kappa shape index (κ3) is 7.83. The van der Waals surface area contributed by atoms with E-state index in [0.29, 0.717) is 53.3 Å². The number of nitrogens with zero attached hydrogens (tertiary/aromatic N) is 2. The van der Waals surface area contributed by atoms with Crippen LogP contribution in [0.2, 0.25) is 0 Å². The van der Waals surface area contributed by atoms with E-state index in [0.717, 1.165) is 39.3 Å². The number of methoxy groups -OCH3 is 1. The Morgan fingerprint density at radius 2 is 1.98 bits per heavy atom. The number of carbonyl (C=O) groups is 1. The van der Waals surface area contributed by atoms with Crippen molar-refractivity contribution in [2.75, 3.05) is 58.4 Å². The molecular weight excluding hydrogens is 610 g/mol. The van der Waals surface area contributed by atoms with Gasteiger partial charge in [-0.05, 0) is 55.7 Å². The number of alkyl halides is 1.